The zero-order valence-electron chi connectivity index (χ0n) is 10.0. The monoisotopic (exact) mass is 254 g/mol. The van der Waals surface area contributed by atoms with E-state index in [0.29, 0.717) is 25.7 Å². The Morgan fingerprint density at radius 2 is 1.56 bits per heavy atom. The van der Waals surface area contributed by atoms with E-state index in [1.165, 1.54) is 6.92 Å². The lowest BCUT2D eigenvalue weighted by molar-refractivity contribution is -0.162. The molecule has 6 heteroatoms. The fraction of sp³-hybridized carbons (Fsp3) is 0.667. The van der Waals surface area contributed by atoms with Gasteiger partial charge in [0, 0.05) is 6.92 Å². The molecule has 0 bridgehead atoms. The average molecular weight is 254 g/mol. The van der Waals surface area contributed by atoms with Crippen LogP contribution < -0.4 is 0 Å². The van der Waals surface area contributed by atoms with Crippen molar-refractivity contribution < 1.29 is 28.7 Å². The first-order valence-corrected chi connectivity index (χ1v) is 5.97. The molecule has 3 atom stereocenters. The van der Waals surface area contributed by atoms with E-state index in [9.17, 15) is 19.2 Å². The van der Waals surface area contributed by atoms with Gasteiger partial charge in [-0.15, -0.1) is 0 Å². The van der Waals surface area contributed by atoms with Gasteiger partial charge in [-0.1, -0.05) is 0 Å². The highest BCUT2D eigenvalue weighted by atomic mass is 16.6. The number of cyclic esters (lactones) is 2. The highest BCUT2D eigenvalue weighted by Crippen LogP contribution is 2.37. The van der Waals surface area contributed by atoms with Crippen LogP contribution in [0.5, 0.6) is 0 Å². The van der Waals surface area contributed by atoms with Crippen molar-refractivity contribution in [1.82, 2.24) is 0 Å². The summed E-state index contributed by atoms with van der Waals surface area (Å²) in [6.45, 7) is 1.17. The van der Waals surface area contributed by atoms with Crippen LogP contribution in [0.4, 0.5) is 0 Å². The van der Waals surface area contributed by atoms with Crippen molar-refractivity contribution in [2.75, 3.05) is 0 Å². The van der Waals surface area contributed by atoms with Crippen molar-refractivity contribution in [3.05, 3.63) is 0 Å². The Bertz CT molecular complexity index is 389. The minimum atomic E-state index is -0.639. The van der Waals surface area contributed by atoms with Gasteiger partial charge in [-0.2, -0.15) is 0 Å². The van der Waals surface area contributed by atoms with Gasteiger partial charge in [0.05, 0.1) is 17.8 Å². The van der Waals surface area contributed by atoms with E-state index in [2.05, 4.69) is 9.47 Å². The van der Waals surface area contributed by atoms with Gasteiger partial charge in [0.15, 0.2) is 0 Å². The molecule has 0 aromatic carbocycles. The largest absolute Gasteiger partial charge is 0.393 e. The summed E-state index contributed by atoms with van der Waals surface area (Å²) >= 11 is 0. The minimum Gasteiger partial charge on any atom is -0.393 e. The second-order valence-corrected chi connectivity index (χ2v) is 4.72. The minimum absolute atomic E-state index is 0.417. The maximum atomic E-state index is 11.6. The average Bonchev–Trinajstić information content (AvgIpc) is 2.49. The van der Waals surface area contributed by atoms with Gasteiger partial charge in [-0.25, -0.2) is 0 Å². The molecule has 0 aromatic heterocycles. The van der Waals surface area contributed by atoms with Gasteiger partial charge >= 0.3 is 23.9 Å². The van der Waals surface area contributed by atoms with E-state index in [1.54, 1.807) is 0 Å². The molecular weight excluding hydrogens is 240 g/mol. The van der Waals surface area contributed by atoms with E-state index in [1.807, 2.05) is 0 Å². The number of fused-ring (bicyclic) bond motifs is 1. The van der Waals surface area contributed by atoms with Crippen LogP contribution in [0.25, 0.3) is 0 Å². The lowest BCUT2D eigenvalue weighted by Gasteiger charge is -2.11. The molecule has 0 spiro atoms. The van der Waals surface area contributed by atoms with Gasteiger partial charge in [0.1, 0.15) is 0 Å². The predicted molar refractivity (Wildman–Crippen MR) is 56.8 cm³/mol. The summed E-state index contributed by atoms with van der Waals surface area (Å²) in [7, 11) is 0. The van der Waals surface area contributed by atoms with E-state index in [0.717, 1.165) is 0 Å². The number of rotatable bonds is 1. The van der Waals surface area contributed by atoms with Crippen molar-refractivity contribution >= 4 is 23.9 Å². The molecule has 0 radical (unpaired) electrons. The number of esters is 4. The van der Waals surface area contributed by atoms with Gasteiger partial charge < -0.3 is 9.47 Å². The maximum absolute atomic E-state index is 11.6. The first-order valence-electron chi connectivity index (χ1n) is 5.97. The number of carbonyl (C=O) groups is 4. The van der Waals surface area contributed by atoms with Crippen molar-refractivity contribution in [3.8, 4) is 0 Å². The molecule has 1 saturated carbocycles. The molecule has 1 heterocycles. The Balaban J connectivity index is 2.01. The summed E-state index contributed by atoms with van der Waals surface area (Å²) in [6.07, 6.45) is 1.73. The van der Waals surface area contributed by atoms with E-state index >= 15 is 0 Å². The number of hydrogen-bond acceptors (Lipinski definition) is 6. The third-order valence-corrected chi connectivity index (χ3v) is 3.52. The second-order valence-electron chi connectivity index (χ2n) is 4.72. The van der Waals surface area contributed by atoms with Crippen LogP contribution >= 0.6 is 0 Å². The third kappa shape index (κ3) is 2.42. The van der Waals surface area contributed by atoms with Crippen LogP contribution in [-0.2, 0) is 28.7 Å². The highest BCUT2D eigenvalue weighted by molar-refractivity contribution is 5.96. The molecule has 1 aliphatic carbocycles. The van der Waals surface area contributed by atoms with Crippen LogP contribution in [0.2, 0.25) is 0 Å². The standard InChI is InChI=1S/C12H14O6/c1-6(13)17-10(14)7-2-4-8-9(5-3-7)12(16)18-11(8)15/h7-9H,2-5H2,1H3/t7?,8-,9?/m1/s1. The molecule has 0 amide bonds. The van der Waals surface area contributed by atoms with Gasteiger partial charge in [0.2, 0.25) is 0 Å². The zero-order valence-corrected chi connectivity index (χ0v) is 10.0. The molecule has 18 heavy (non-hydrogen) atoms. The summed E-state index contributed by atoms with van der Waals surface area (Å²) < 4.78 is 9.12. The lowest BCUT2D eigenvalue weighted by Crippen LogP contribution is -2.20. The molecule has 0 N–H and O–H groups in total. The third-order valence-electron chi connectivity index (χ3n) is 3.52. The molecule has 0 aromatic rings. The Hall–Kier alpha value is -1.72. The molecule has 98 valence electrons. The van der Waals surface area contributed by atoms with Crippen molar-refractivity contribution in [3.63, 3.8) is 0 Å². The number of ether oxygens (including phenoxy) is 2. The van der Waals surface area contributed by atoms with Crippen LogP contribution in [0.3, 0.4) is 0 Å². The molecule has 2 fully saturated rings. The molecule has 1 aliphatic heterocycles. The van der Waals surface area contributed by atoms with Crippen molar-refractivity contribution in [1.29, 1.82) is 0 Å². The van der Waals surface area contributed by atoms with Gasteiger partial charge in [-0.05, 0) is 25.7 Å². The smallest absolute Gasteiger partial charge is 0.317 e. The first kappa shape index (κ1) is 12.7. The maximum Gasteiger partial charge on any atom is 0.317 e. The fourth-order valence-electron chi connectivity index (χ4n) is 2.58. The zero-order chi connectivity index (χ0) is 13.3. The Kier molecular flexibility index (Phi) is 3.45. The van der Waals surface area contributed by atoms with Crippen LogP contribution in [0.1, 0.15) is 32.6 Å². The van der Waals surface area contributed by atoms with Crippen LogP contribution in [0.15, 0.2) is 0 Å². The Morgan fingerprint density at radius 3 is 2.00 bits per heavy atom. The molecule has 2 unspecified atom stereocenters. The summed E-state index contributed by atoms with van der Waals surface area (Å²) in [5.41, 5.74) is 0. The molecule has 2 rings (SSSR count). The van der Waals surface area contributed by atoms with Gasteiger partial charge in [-0.3, -0.25) is 19.2 Å². The number of carbonyl (C=O) groups excluding carboxylic acids is 4. The van der Waals surface area contributed by atoms with Crippen LogP contribution in [0, 0.1) is 17.8 Å². The topological polar surface area (TPSA) is 86.7 Å². The molecule has 1 saturated heterocycles. The predicted octanol–water partition coefficient (Wildman–Crippen LogP) is 0.582. The van der Waals surface area contributed by atoms with Crippen molar-refractivity contribution in [2.24, 2.45) is 17.8 Å². The summed E-state index contributed by atoms with van der Waals surface area (Å²) in [6, 6.07) is 0. The second kappa shape index (κ2) is 4.88. The summed E-state index contributed by atoms with van der Waals surface area (Å²) in [4.78, 5) is 45.1. The fourth-order valence-corrected chi connectivity index (χ4v) is 2.58. The summed E-state index contributed by atoms with van der Waals surface area (Å²) in [5, 5.41) is 0. The van der Waals surface area contributed by atoms with Crippen LogP contribution in [-0.4, -0.2) is 23.9 Å². The highest BCUT2D eigenvalue weighted by Gasteiger charge is 2.46. The van der Waals surface area contributed by atoms with E-state index in [-0.39, 0.29) is 0 Å². The Labute approximate surface area is 104 Å². The van der Waals surface area contributed by atoms with Crippen molar-refractivity contribution in [2.45, 2.75) is 32.6 Å². The molecule has 2 aliphatic rings. The molecule has 6 nitrogen and oxygen atoms in total. The normalized spacial score (nSPS) is 31.3. The Morgan fingerprint density at radius 1 is 1.06 bits per heavy atom. The van der Waals surface area contributed by atoms with E-state index < -0.39 is 41.6 Å². The van der Waals surface area contributed by atoms with E-state index in [4.69, 9.17) is 0 Å². The lowest BCUT2D eigenvalue weighted by atomic mass is 9.91. The first-order chi connectivity index (χ1) is 8.49. The quantitative estimate of drug-likeness (QED) is 0.502. The van der Waals surface area contributed by atoms with Gasteiger partial charge in [0.25, 0.3) is 0 Å². The SMILES string of the molecule is CC(=O)OC(=O)C1CCC2C(=O)OC(=O)[C@@H]2CC1. The number of hydrogen-bond donors (Lipinski definition) is 0. The molecular formula is C12H14O6. The summed E-state index contributed by atoms with van der Waals surface area (Å²) in [5.74, 6) is -3.49.